The highest BCUT2D eigenvalue weighted by atomic mass is 16.5. The van der Waals surface area contributed by atoms with Gasteiger partial charge in [0, 0.05) is 13.2 Å². The number of rotatable bonds is 4. The molecule has 3 N–H and O–H groups in total. The van der Waals surface area contributed by atoms with Crippen LogP contribution in [0.3, 0.4) is 0 Å². The first-order valence-corrected chi connectivity index (χ1v) is 6.09. The van der Waals surface area contributed by atoms with Gasteiger partial charge in [-0.1, -0.05) is 12.1 Å². The van der Waals surface area contributed by atoms with Crippen molar-refractivity contribution in [3.05, 3.63) is 24.3 Å². The molecule has 0 saturated carbocycles. The van der Waals surface area contributed by atoms with Crippen molar-refractivity contribution in [2.75, 3.05) is 30.9 Å². The minimum Gasteiger partial charge on any atom is -0.397 e. The third kappa shape index (κ3) is 3.72. The molecule has 1 fully saturated rings. The number of carbonyl (C=O) groups is 1. The van der Waals surface area contributed by atoms with E-state index in [1.165, 1.54) is 0 Å². The standard InChI is InChI=1S/C13H18N2O3/c14-11-3-1-2-4-12(11)15-13(16)9-18-10-5-7-17-8-6-10/h1-4,10H,5-9,14H2,(H,15,16). The summed E-state index contributed by atoms with van der Waals surface area (Å²) in [7, 11) is 0. The van der Waals surface area contributed by atoms with Gasteiger partial charge in [0.25, 0.3) is 0 Å². The van der Waals surface area contributed by atoms with Crippen molar-refractivity contribution in [1.29, 1.82) is 0 Å². The van der Waals surface area contributed by atoms with Gasteiger partial charge in [-0.15, -0.1) is 0 Å². The summed E-state index contributed by atoms with van der Waals surface area (Å²) < 4.78 is 10.7. The number of anilines is 2. The quantitative estimate of drug-likeness (QED) is 0.792. The van der Waals surface area contributed by atoms with E-state index in [1.54, 1.807) is 12.1 Å². The molecule has 0 atom stereocenters. The van der Waals surface area contributed by atoms with Gasteiger partial charge in [-0.2, -0.15) is 0 Å². The number of amides is 1. The summed E-state index contributed by atoms with van der Waals surface area (Å²) in [6.07, 6.45) is 1.82. The molecule has 0 bridgehead atoms. The smallest absolute Gasteiger partial charge is 0.250 e. The van der Waals surface area contributed by atoms with Crippen molar-refractivity contribution in [2.45, 2.75) is 18.9 Å². The molecule has 1 aliphatic heterocycles. The van der Waals surface area contributed by atoms with Crippen LogP contribution in [0.2, 0.25) is 0 Å². The van der Waals surface area contributed by atoms with Crippen LogP contribution >= 0.6 is 0 Å². The Morgan fingerprint density at radius 3 is 2.83 bits per heavy atom. The number of nitrogens with two attached hydrogens (primary N) is 1. The van der Waals surface area contributed by atoms with Crippen LogP contribution in [-0.4, -0.2) is 31.8 Å². The van der Waals surface area contributed by atoms with Gasteiger partial charge in [-0.3, -0.25) is 4.79 Å². The van der Waals surface area contributed by atoms with Crippen LogP contribution in [0.15, 0.2) is 24.3 Å². The summed E-state index contributed by atoms with van der Waals surface area (Å²) in [6.45, 7) is 1.47. The van der Waals surface area contributed by atoms with Gasteiger partial charge in [0.1, 0.15) is 6.61 Å². The summed E-state index contributed by atoms with van der Waals surface area (Å²) in [5.74, 6) is -0.181. The predicted octanol–water partition coefficient (Wildman–Crippen LogP) is 1.40. The largest absolute Gasteiger partial charge is 0.397 e. The van der Waals surface area contributed by atoms with Gasteiger partial charge >= 0.3 is 0 Å². The highest BCUT2D eigenvalue weighted by Crippen LogP contribution is 2.16. The highest BCUT2D eigenvalue weighted by molar-refractivity contribution is 5.94. The summed E-state index contributed by atoms with van der Waals surface area (Å²) in [5, 5.41) is 2.73. The lowest BCUT2D eigenvalue weighted by atomic mass is 10.1. The first kappa shape index (κ1) is 12.9. The Balaban J connectivity index is 1.76. The van der Waals surface area contributed by atoms with Crippen molar-refractivity contribution < 1.29 is 14.3 Å². The Kier molecular flexibility index (Phi) is 4.55. The molecule has 5 heteroatoms. The summed E-state index contributed by atoms with van der Waals surface area (Å²) >= 11 is 0. The van der Waals surface area contributed by atoms with Crippen molar-refractivity contribution in [2.24, 2.45) is 0 Å². The van der Waals surface area contributed by atoms with Crippen LogP contribution in [0.25, 0.3) is 0 Å². The van der Waals surface area contributed by atoms with Gasteiger partial charge in [0.15, 0.2) is 0 Å². The highest BCUT2D eigenvalue weighted by Gasteiger charge is 2.15. The van der Waals surface area contributed by atoms with Crippen LogP contribution in [-0.2, 0) is 14.3 Å². The number of carbonyl (C=O) groups excluding carboxylic acids is 1. The molecule has 1 saturated heterocycles. The third-order valence-corrected chi connectivity index (χ3v) is 2.85. The molecule has 18 heavy (non-hydrogen) atoms. The SMILES string of the molecule is Nc1ccccc1NC(=O)COC1CCOCC1. The van der Waals surface area contributed by atoms with E-state index in [0.717, 1.165) is 12.8 Å². The van der Waals surface area contributed by atoms with E-state index in [-0.39, 0.29) is 18.6 Å². The van der Waals surface area contributed by atoms with Gasteiger partial charge < -0.3 is 20.5 Å². The molecule has 0 aromatic heterocycles. The normalized spacial score (nSPS) is 16.4. The number of nitrogens with one attached hydrogen (secondary N) is 1. The lowest BCUT2D eigenvalue weighted by Gasteiger charge is -2.22. The number of hydrogen-bond donors (Lipinski definition) is 2. The minimum absolute atomic E-state index is 0.0546. The van der Waals surface area contributed by atoms with E-state index in [2.05, 4.69) is 5.32 Å². The fraction of sp³-hybridized carbons (Fsp3) is 0.462. The van der Waals surface area contributed by atoms with Crippen LogP contribution in [0.1, 0.15) is 12.8 Å². The molecule has 1 aromatic carbocycles. The number of benzene rings is 1. The number of hydrogen-bond acceptors (Lipinski definition) is 4. The second-order valence-corrected chi connectivity index (χ2v) is 4.26. The maximum absolute atomic E-state index is 11.7. The molecule has 0 radical (unpaired) electrons. The maximum Gasteiger partial charge on any atom is 0.250 e. The van der Waals surface area contributed by atoms with E-state index in [9.17, 15) is 4.79 Å². The summed E-state index contributed by atoms with van der Waals surface area (Å²) in [6, 6.07) is 7.16. The Labute approximate surface area is 106 Å². The van der Waals surface area contributed by atoms with Crippen LogP contribution in [0.5, 0.6) is 0 Å². The maximum atomic E-state index is 11.7. The lowest BCUT2D eigenvalue weighted by molar-refractivity contribution is -0.124. The second kappa shape index (κ2) is 6.37. The second-order valence-electron chi connectivity index (χ2n) is 4.26. The summed E-state index contributed by atoms with van der Waals surface area (Å²) in [4.78, 5) is 11.7. The number of para-hydroxylation sites is 2. The molecule has 1 amide bonds. The molecule has 98 valence electrons. The van der Waals surface area contributed by atoms with Crippen LogP contribution in [0.4, 0.5) is 11.4 Å². The first-order chi connectivity index (χ1) is 8.75. The fourth-order valence-electron chi connectivity index (χ4n) is 1.83. The number of nitrogen functional groups attached to an aromatic ring is 1. The molecule has 1 aromatic rings. The average molecular weight is 250 g/mol. The molecule has 1 heterocycles. The van der Waals surface area contributed by atoms with Crippen molar-refractivity contribution in [3.8, 4) is 0 Å². The zero-order valence-corrected chi connectivity index (χ0v) is 10.2. The Bertz CT molecular complexity index is 403. The fourth-order valence-corrected chi connectivity index (χ4v) is 1.83. The van der Waals surface area contributed by atoms with E-state index in [1.807, 2.05) is 12.1 Å². The molecular formula is C13H18N2O3. The molecule has 5 nitrogen and oxygen atoms in total. The summed E-state index contributed by atoms with van der Waals surface area (Å²) in [5.41, 5.74) is 6.91. The third-order valence-electron chi connectivity index (χ3n) is 2.85. The zero-order chi connectivity index (χ0) is 12.8. The van der Waals surface area contributed by atoms with E-state index in [0.29, 0.717) is 24.6 Å². The van der Waals surface area contributed by atoms with Crippen molar-refractivity contribution >= 4 is 17.3 Å². The van der Waals surface area contributed by atoms with Gasteiger partial charge in [0.05, 0.1) is 17.5 Å². The minimum atomic E-state index is -0.181. The molecular weight excluding hydrogens is 232 g/mol. The molecule has 0 spiro atoms. The predicted molar refractivity (Wildman–Crippen MR) is 69.3 cm³/mol. The van der Waals surface area contributed by atoms with Gasteiger partial charge in [0.2, 0.25) is 5.91 Å². The Hall–Kier alpha value is -1.59. The van der Waals surface area contributed by atoms with Crippen LogP contribution < -0.4 is 11.1 Å². The van der Waals surface area contributed by atoms with Crippen molar-refractivity contribution in [1.82, 2.24) is 0 Å². The lowest BCUT2D eigenvalue weighted by Crippen LogP contribution is -2.28. The van der Waals surface area contributed by atoms with E-state index >= 15 is 0 Å². The number of ether oxygens (including phenoxy) is 2. The van der Waals surface area contributed by atoms with E-state index < -0.39 is 0 Å². The topological polar surface area (TPSA) is 73.6 Å². The van der Waals surface area contributed by atoms with E-state index in [4.69, 9.17) is 15.2 Å². The molecule has 1 aliphatic rings. The zero-order valence-electron chi connectivity index (χ0n) is 10.2. The van der Waals surface area contributed by atoms with Crippen molar-refractivity contribution in [3.63, 3.8) is 0 Å². The monoisotopic (exact) mass is 250 g/mol. The molecule has 0 aliphatic carbocycles. The average Bonchev–Trinajstić information content (AvgIpc) is 2.40. The molecule has 2 rings (SSSR count). The van der Waals surface area contributed by atoms with Crippen LogP contribution in [0, 0.1) is 0 Å². The molecule has 0 unspecified atom stereocenters. The first-order valence-electron chi connectivity index (χ1n) is 6.09. The Morgan fingerprint density at radius 1 is 1.39 bits per heavy atom. The van der Waals surface area contributed by atoms with Gasteiger partial charge in [-0.25, -0.2) is 0 Å². The Morgan fingerprint density at radius 2 is 2.11 bits per heavy atom. The van der Waals surface area contributed by atoms with Gasteiger partial charge in [-0.05, 0) is 25.0 Å².